The number of halogens is 1. The highest BCUT2D eigenvalue weighted by molar-refractivity contribution is 9.10. The van der Waals surface area contributed by atoms with Crippen LogP contribution in [0.15, 0.2) is 71.2 Å². The number of carbonyl (C=O) groups is 1. The topological polar surface area (TPSA) is 69.0 Å². The second-order valence-corrected chi connectivity index (χ2v) is 8.01. The van der Waals surface area contributed by atoms with Gasteiger partial charge in [-0.25, -0.2) is 9.67 Å². The Bertz CT molecular complexity index is 1210. The summed E-state index contributed by atoms with van der Waals surface area (Å²) in [6, 6.07) is 21.0. The van der Waals surface area contributed by atoms with Gasteiger partial charge in [0, 0.05) is 15.7 Å². The van der Waals surface area contributed by atoms with Gasteiger partial charge in [-0.2, -0.15) is 0 Å². The van der Waals surface area contributed by atoms with Gasteiger partial charge in [0.1, 0.15) is 5.75 Å². The fraction of sp³-hybridized carbons (Fsp3) is 0.125. The third-order valence-electron chi connectivity index (χ3n) is 4.95. The van der Waals surface area contributed by atoms with Crippen molar-refractivity contribution in [1.82, 2.24) is 14.8 Å². The van der Waals surface area contributed by atoms with Crippen LogP contribution in [0, 0.1) is 13.8 Å². The quantitative estimate of drug-likeness (QED) is 0.408. The van der Waals surface area contributed by atoms with Crippen LogP contribution >= 0.6 is 15.9 Å². The molecule has 0 aliphatic heterocycles. The molecular weight excluding hydrogens is 456 g/mol. The lowest BCUT2D eigenvalue weighted by Gasteiger charge is -2.09. The third kappa shape index (κ3) is 4.36. The van der Waals surface area contributed by atoms with Gasteiger partial charge in [0.05, 0.1) is 12.8 Å². The summed E-state index contributed by atoms with van der Waals surface area (Å²) in [6.45, 7) is 3.92. The molecule has 4 rings (SSSR count). The Morgan fingerprint density at radius 2 is 1.61 bits per heavy atom. The first-order valence-corrected chi connectivity index (χ1v) is 10.5. The number of aryl methyl sites for hydroxylation is 2. The Hall–Kier alpha value is -3.45. The number of hydrogen-bond donors (Lipinski definition) is 1. The number of ether oxygens (including phenoxy) is 1. The van der Waals surface area contributed by atoms with Gasteiger partial charge in [-0.05, 0) is 61.4 Å². The molecule has 0 aliphatic carbocycles. The number of carbonyl (C=O) groups excluding carboxylic acids is 1. The van der Waals surface area contributed by atoms with Crippen molar-refractivity contribution in [3.8, 4) is 22.8 Å². The van der Waals surface area contributed by atoms with E-state index in [4.69, 9.17) is 4.74 Å². The van der Waals surface area contributed by atoms with Crippen LogP contribution in [0.2, 0.25) is 0 Å². The van der Waals surface area contributed by atoms with Gasteiger partial charge in [0.15, 0.2) is 5.82 Å². The van der Waals surface area contributed by atoms with Crippen LogP contribution in [0.3, 0.4) is 0 Å². The number of hydrogen-bond acceptors (Lipinski definition) is 4. The molecule has 4 aromatic rings. The van der Waals surface area contributed by atoms with Gasteiger partial charge in [0.25, 0.3) is 5.91 Å². The Balaban J connectivity index is 1.76. The molecule has 0 atom stereocenters. The fourth-order valence-corrected chi connectivity index (χ4v) is 3.54. The monoisotopic (exact) mass is 476 g/mol. The highest BCUT2D eigenvalue weighted by atomic mass is 79.9. The minimum Gasteiger partial charge on any atom is -0.497 e. The van der Waals surface area contributed by atoms with E-state index in [9.17, 15) is 4.79 Å². The minimum absolute atomic E-state index is 0.0939. The van der Waals surface area contributed by atoms with Crippen molar-refractivity contribution in [2.75, 3.05) is 12.4 Å². The van der Waals surface area contributed by atoms with Crippen LogP contribution in [0.25, 0.3) is 17.1 Å². The molecule has 1 aromatic heterocycles. The third-order valence-corrected chi connectivity index (χ3v) is 5.48. The highest BCUT2D eigenvalue weighted by Crippen LogP contribution is 2.25. The number of para-hydroxylation sites is 1. The number of nitrogens with zero attached hydrogens (tertiary/aromatic N) is 3. The van der Waals surface area contributed by atoms with Crippen molar-refractivity contribution < 1.29 is 9.53 Å². The zero-order valence-electron chi connectivity index (χ0n) is 17.4. The van der Waals surface area contributed by atoms with E-state index in [1.807, 2.05) is 80.6 Å². The van der Waals surface area contributed by atoms with E-state index in [0.29, 0.717) is 5.82 Å². The van der Waals surface area contributed by atoms with Crippen molar-refractivity contribution in [3.05, 3.63) is 88.2 Å². The maximum absolute atomic E-state index is 13.0. The molecule has 0 fully saturated rings. The van der Waals surface area contributed by atoms with Gasteiger partial charge in [-0.3, -0.25) is 4.79 Å². The van der Waals surface area contributed by atoms with Crippen LogP contribution in [-0.2, 0) is 0 Å². The standard InChI is InChI=1S/C24H21BrN4O2/c1-15-5-4-6-16(2)21(15)26-24(30)22-27-23(17-7-9-18(25)10-8-17)29(28-22)19-11-13-20(31-3)14-12-19/h4-14H,1-3H3,(H,26,30). The number of anilines is 1. The average molecular weight is 477 g/mol. The molecule has 6 nitrogen and oxygen atoms in total. The zero-order chi connectivity index (χ0) is 22.0. The van der Waals surface area contributed by atoms with Crippen LogP contribution in [0.1, 0.15) is 21.7 Å². The molecule has 1 amide bonds. The summed E-state index contributed by atoms with van der Waals surface area (Å²) < 4.78 is 7.88. The molecule has 0 radical (unpaired) electrons. The first kappa shape index (κ1) is 20.8. The van der Waals surface area contributed by atoms with Crippen molar-refractivity contribution in [2.24, 2.45) is 0 Å². The lowest BCUT2D eigenvalue weighted by molar-refractivity contribution is 0.101. The number of benzene rings is 3. The first-order chi connectivity index (χ1) is 15.0. The summed E-state index contributed by atoms with van der Waals surface area (Å²) in [6.07, 6.45) is 0. The number of amides is 1. The number of methoxy groups -OCH3 is 1. The summed E-state index contributed by atoms with van der Waals surface area (Å²) in [7, 11) is 1.62. The van der Waals surface area contributed by atoms with Gasteiger partial charge < -0.3 is 10.1 Å². The van der Waals surface area contributed by atoms with E-state index < -0.39 is 0 Å². The second-order valence-electron chi connectivity index (χ2n) is 7.10. The largest absolute Gasteiger partial charge is 0.497 e. The SMILES string of the molecule is COc1ccc(-n2nc(C(=O)Nc3c(C)cccc3C)nc2-c2ccc(Br)cc2)cc1. The number of rotatable bonds is 5. The molecule has 0 saturated heterocycles. The van der Waals surface area contributed by atoms with E-state index in [-0.39, 0.29) is 11.7 Å². The van der Waals surface area contributed by atoms with Crippen molar-refractivity contribution in [3.63, 3.8) is 0 Å². The fourth-order valence-electron chi connectivity index (χ4n) is 3.28. The molecule has 1 N–H and O–H groups in total. The predicted octanol–water partition coefficient (Wildman–Crippen LogP) is 5.57. The molecule has 0 spiro atoms. The van der Waals surface area contributed by atoms with Crippen LogP contribution in [-0.4, -0.2) is 27.8 Å². The van der Waals surface area contributed by atoms with Gasteiger partial charge in [-0.1, -0.05) is 46.3 Å². The molecule has 7 heteroatoms. The molecular formula is C24H21BrN4O2. The lowest BCUT2D eigenvalue weighted by atomic mass is 10.1. The van der Waals surface area contributed by atoms with E-state index in [1.165, 1.54) is 0 Å². The molecule has 0 aliphatic rings. The normalized spacial score (nSPS) is 10.7. The van der Waals surface area contributed by atoms with E-state index in [1.54, 1.807) is 11.8 Å². The van der Waals surface area contributed by atoms with Gasteiger partial charge in [0.2, 0.25) is 5.82 Å². The Labute approximate surface area is 189 Å². The van der Waals surface area contributed by atoms with Crippen molar-refractivity contribution in [1.29, 1.82) is 0 Å². The maximum Gasteiger partial charge on any atom is 0.295 e. The summed E-state index contributed by atoms with van der Waals surface area (Å²) >= 11 is 3.46. The van der Waals surface area contributed by atoms with Crippen LogP contribution in [0.4, 0.5) is 5.69 Å². The van der Waals surface area contributed by atoms with Crippen LogP contribution < -0.4 is 10.1 Å². The molecule has 3 aromatic carbocycles. The Morgan fingerprint density at radius 3 is 2.23 bits per heavy atom. The minimum atomic E-state index is -0.358. The first-order valence-electron chi connectivity index (χ1n) is 9.71. The molecule has 0 saturated carbocycles. The number of nitrogens with one attached hydrogen (secondary N) is 1. The summed E-state index contributed by atoms with van der Waals surface area (Å²) in [4.78, 5) is 17.6. The maximum atomic E-state index is 13.0. The summed E-state index contributed by atoms with van der Waals surface area (Å²) in [5.41, 5.74) is 4.36. The van der Waals surface area contributed by atoms with Gasteiger partial charge >= 0.3 is 0 Å². The molecule has 156 valence electrons. The summed E-state index contributed by atoms with van der Waals surface area (Å²) in [5.74, 6) is 1.05. The smallest absolute Gasteiger partial charge is 0.295 e. The Morgan fingerprint density at radius 1 is 0.968 bits per heavy atom. The van der Waals surface area contributed by atoms with E-state index >= 15 is 0 Å². The second kappa shape index (κ2) is 8.73. The molecule has 0 unspecified atom stereocenters. The molecule has 0 bridgehead atoms. The van der Waals surface area contributed by atoms with Gasteiger partial charge in [-0.15, -0.1) is 5.10 Å². The van der Waals surface area contributed by atoms with E-state index in [2.05, 4.69) is 31.3 Å². The molecule has 1 heterocycles. The lowest BCUT2D eigenvalue weighted by Crippen LogP contribution is -2.16. The van der Waals surface area contributed by atoms with Crippen molar-refractivity contribution in [2.45, 2.75) is 13.8 Å². The summed E-state index contributed by atoms with van der Waals surface area (Å²) in [5, 5.41) is 7.49. The highest BCUT2D eigenvalue weighted by Gasteiger charge is 2.20. The Kier molecular flexibility index (Phi) is 5.86. The van der Waals surface area contributed by atoms with E-state index in [0.717, 1.165) is 38.3 Å². The number of aromatic nitrogens is 3. The van der Waals surface area contributed by atoms with Crippen LogP contribution in [0.5, 0.6) is 5.75 Å². The zero-order valence-corrected chi connectivity index (χ0v) is 19.0. The predicted molar refractivity (Wildman–Crippen MR) is 125 cm³/mol. The molecule has 31 heavy (non-hydrogen) atoms. The average Bonchev–Trinajstić information content (AvgIpc) is 3.22. The van der Waals surface area contributed by atoms with Crippen molar-refractivity contribution >= 4 is 27.5 Å².